The molecule has 16 atom stereocenters. The van der Waals surface area contributed by atoms with Crippen molar-refractivity contribution >= 4 is 69.4 Å². The lowest BCUT2D eigenvalue weighted by Gasteiger charge is -2.52. The standard InChI is InChI=1S/C42H45N3O28/c43-45-44-4-1-5-68-40(9-13-6-17(52)18(53)7-16(13)51)39(30(61)29(60)22(11-47)69-40)73-42(35(64)24-14(49)2-3-15(50)26(24)57)38(67)32(63)34(72-42)23(12-48)70-41(37(66)31(62)33(71-41)21(56)10-46)36(65)25-27(58)19(54)8-20(55)28(25)59/h2-3,6,21-25,29-34,37-39,46-48,56,60-63,66-67H,1,4-5,7-12H2/t21-,22-,23-,24?,29-,30+,31+,32+,33+,34+,37-,38-,39+,40+,41-,42+/m1/s1. The SMILES string of the molecule is [N-]=[N+]=NCCCO[C@@]1(CC2=CC(=O)C(=O)CC2=O)O[C@H](CO)[C@@H](O)[C@H](O)[C@@H]1O[C@]1(C(=O)C2C(=O)C=CC(=O)C2=O)O[C@@H]([C@@H](CO)O[C@]2(C(=O)C3C(=O)C(=O)CC(=O)C3=O)O[C@@H]([C@H](O)CO)[C@H](O)[C@H]2O)[C@H](O)[C@H]1O. The highest BCUT2D eigenvalue weighted by molar-refractivity contribution is 6.63. The normalized spacial score (nSPS) is 37.2. The van der Waals surface area contributed by atoms with Crippen molar-refractivity contribution in [3.63, 3.8) is 0 Å². The van der Waals surface area contributed by atoms with E-state index in [1.165, 1.54) is 0 Å². The number of carbonyl (C=O) groups is 12. The number of rotatable bonds is 20. The largest absolute Gasteiger partial charge is 0.394 e. The molecule has 0 aromatic carbocycles. The summed E-state index contributed by atoms with van der Waals surface area (Å²) in [7, 11) is 0. The lowest BCUT2D eigenvalue weighted by atomic mass is 9.78. The number of ketones is 12. The van der Waals surface area contributed by atoms with Gasteiger partial charge in [0, 0.05) is 23.5 Å². The van der Waals surface area contributed by atoms with Crippen LogP contribution in [-0.2, 0) is 86.0 Å². The molecule has 3 heterocycles. The summed E-state index contributed by atoms with van der Waals surface area (Å²) in [5.74, 6) is -37.0. The summed E-state index contributed by atoms with van der Waals surface area (Å²) in [6.07, 6.45) is -34.4. The third-order valence-electron chi connectivity index (χ3n) is 12.8. The molecule has 0 amide bonds. The maximum atomic E-state index is 15.0. The predicted molar refractivity (Wildman–Crippen MR) is 219 cm³/mol. The van der Waals surface area contributed by atoms with Gasteiger partial charge in [-0.3, -0.25) is 57.5 Å². The molecule has 396 valence electrons. The molecular formula is C42H45N3O28. The van der Waals surface area contributed by atoms with Gasteiger partial charge < -0.3 is 79.5 Å². The molecule has 31 heteroatoms. The molecule has 0 aromatic rings. The fourth-order valence-corrected chi connectivity index (χ4v) is 8.97. The topological polar surface area (TPSA) is 511 Å². The average Bonchev–Trinajstić information content (AvgIpc) is 3.76. The van der Waals surface area contributed by atoms with E-state index in [2.05, 4.69) is 10.0 Å². The van der Waals surface area contributed by atoms with E-state index in [1.807, 2.05) is 0 Å². The molecule has 1 unspecified atom stereocenters. The Balaban J connectivity index is 1.54. The van der Waals surface area contributed by atoms with Gasteiger partial charge in [0.2, 0.25) is 63.6 Å². The Kier molecular flexibility index (Phi) is 17.0. The quantitative estimate of drug-likeness (QED) is 0.0135. The number of aliphatic hydroxyl groups excluding tert-OH is 10. The molecule has 3 aliphatic carbocycles. The fraction of sp³-hybridized carbons (Fsp3) is 0.619. The first-order valence-electron chi connectivity index (χ1n) is 21.8. The molecule has 4 fully saturated rings. The zero-order valence-electron chi connectivity index (χ0n) is 37.3. The summed E-state index contributed by atoms with van der Waals surface area (Å²) in [6, 6.07) is 0. The minimum atomic E-state index is -4.05. The number of ether oxygens (including phenoxy) is 6. The van der Waals surface area contributed by atoms with Crippen LogP contribution in [0.2, 0.25) is 0 Å². The van der Waals surface area contributed by atoms with E-state index in [0.29, 0.717) is 18.2 Å². The van der Waals surface area contributed by atoms with Crippen LogP contribution in [0.15, 0.2) is 28.9 Å². The lowest BCUT2D eigenvalue weighted by Crippen LogP contribution is -2.71. The Morgan fingerprint density at radius 1 is 0.712 bits per heavy atom. The highest BCUT2D eigenvalue weighted by Gasteiger charge is 2.71. The van der Waals surface area contributed by atoms with Crippen LogP contribution in [0.5, 0.6) is 0 Å². The van der Waals surface area contributed by atoms with Crippen molar-refractivity contribution in [2.75, 3.05) is 33.0 Å². The second-order valence-electron chi connectivity index (χ2n) is 17.3. The molecule has 73 heavy (non-hydrogen) atoms. The van der Waals surface area contributed by atoms with E-state index in [9.17, 15) is 109 Å². The number of allylic oxidation sites excluding steroid dienone is 3. The van der Waals surface area contributed by atoms with Crippen molar-refractivity contribution in [3.05, 3.63) is 34.2 Å². The Morgan fingerprint density at radius 3 is 1.90 bits per heavy atom. The van der Waals surface area contributed by atoms with Gasteiger partial charge >= 0.3 is 0 Å². The van der Waals surface area contributed by atoms with Crippen LogP contribution in [0.3, 0.4) is 0 Å². The lowest BCUT2D eigenvalue weighted by molar-refractivity contribution is -0.402. The monoisotopic (exact) mass is 1040 g/mol. The van der Waals surface area contributed by atoms with Crippen molar-refractivity contribution < 1.29 is 137 Å². The zero-order chi connectivity index (χ0) is 54.2. The van der Waals surface area contributed by atoms with Crippen LogP contribution in [0, 0.1) is 11.8 Å². The van der Waals surface area contributed by atoms with Gasteiger partial charge in [-0.15, -0.1) is 0 Å². The molecule has 0 spiro atoms. The average molecular weight is 1040 g/mol. The highest BCUT2D eigenvalue weighted by Crippen LogP contribution is 2.47. The summed E-state index contributed by atoms with van der Waals surface area (Å²) >= 11 is 0. The Hall–Kier alpha value is -5.81. The molecule has 10 N–H and O–H groups in total. The van der Waals surface area contributed by atoms with Gasteiger partial charge in [-0.25, -0.2) is 0 Å². The summed E-state index contributed by atoms with van der Waals surface area (Å²) in [5, 5.41) is 114. The first kappa shape index (κ1) is 56.5. The van der Waals surface area contributed by atoms with Crippen LogP contribution in [0.4, 0.5) is 0 Å². The Morgan fingerprint density at radius 2 is 1.30 bits per heavy atom. The summed E-state index contributed by atoms with van der Waals surface area (Å²) in [6.45, 7) is -5.39. The zero-order valence-corrected chi connectivity index (χ0v) is 37.3. The minimum Gasteiger partial charge on any atom is -0.394 e. The number of carbonyl (C=O) groups excluding carboxylic acids is 12. The van der Waals surface area contributed by atoms with Crippen molar-refractivity contribution in [1.29, 1.82) is 0 Å². The van der Waals surface area contributed by atoms with E-state index >= 15 is 0 Å². The smallest absolute Gasteiger partial charge is 0.260 e. The first-order chi connectivity index (χ1) is 34.3. The summed E-state index contributed by atoms with van der Waals surface area (Å²) < 4.78 is 34.6. The van der Waals surface area contributed by atoms with Crippen LogP contribution in [0.1, 0.15) is 25.7 Å². The number of azide groups is 1. The van der Waals surface area contributed by atoms with Crippen molar-refractivity contribution in [2.24, 2.45) is 17.0 Å². The second-order valence-corrected chi connectivity index (χ2v) is 17.3. The molecule has 0 bridgehead atoms. The molecule has 31 nitrogen and oxygen atoms in total. The van der Waals surface area contributed by atoms with E-state index in [1.54, 1.807) is 0 Å². The molecule has 0 aromatic heterocycles. The second kappa shape index (κ2) is 22.0. The van der Waals surface area contributed by atoms with Gasteiger partial charge in [-0.05, 0) is 30.2 Å². The molecule has 3 saturated heterocycles. The molecule has 6 rings (SSSR count). The number of nitrogens with zero attached hydrogens (tertiary/aromatic N) is 3. The highest BCUT2D eigenvalue weighted by atomic mass is 16.8. The van der Waals surface area contributed by atoms with Gasteiger partial charge in [-0.1, -0.05) is 5.11 Å². The Bertz CT molecular complexity index is 2480. The van der Waals surface area contributed by atoms with Gasteiger partial charge in [0.25, 0.3) is 11.6 Å². The number of hydrogen-bond donors (Lipinski definition) is 10. The van der Waals surface area contributed by atoms with Crippen molar-refractivity contribution in [2.45, 2.75) is 116 Å². The number of hydrogen-bond acceptors (Lipinski definition) is 29. The Labute approximate surface area is 406 Å². The van der Waals surface area contributed by atoms with Gasteiger partial charge in [0.05, 0.1) is 39.3 Å². The van der Waals surface area contributed by atoms with Crippen LogP contribution in [-0.4, -0.2) is 244 Å². The van der Waals surface area contributed by atoms with Crippen molar-refractivity contribution in [3.8, 4) is 0 Å². The van der Waals surface area contributed by atoms with Crippen LogP contribution in [0.25, 0.3) is 10.4 Å². The maximum Gasteiger partial charge on any atom is 0.260 e. The van der Waals surface area contributed by atoms with E-state index < -0.39 is 223 Å². The van der Waals surface area contributed by atoms with Crippen LogP contribution >= 0.6 is 0 Å². The van der Waals surface area contributed by atoms with Gasteiger partial charge in [0.15, 0.2) is 23.4 Å². The minimum absolute atomic E-state index is 0.298. The predicted octanol–water partition coefficient (Wildman–Crippen LogP) is -8.98. The molecule has 0 radical (unpaired) electrons. The van der Waals surface area contributed by atoms with Crippen molar-refractivity contribution in [1.82, 2.24) is 0 Å². The van der Waals surface area contributed by atoms with Gasteiger partial charge in [0.1, 0.15) is 73.2 Å². The number of aliphatic hydroxyl groups is 10. The maximum absolute atomic E-state index is 15.0. The summed E-state index contributed by atoms with van der Waals surface area (Å²) in [4.78, 5) is 161. The first-order valence-corrected chi connectivity index (χ1v) is 21.8. The molecular weight excluding hydrogens is 994 g/mol. The van der Waals surface area contributed by atoms with Crippen LogP contribution < -0.4 is 0 Å². The van der Waals surface area contributed by atoms with E-state index in [0.717, 1.165) is 0 Å². The fourth-order valence-electron chi connectivity index (χ4n) is 8.97. The number of Topliss-reactive ketones (excluding diaryl/α,β-unsaturated/α-hetero) is 9. The summed E-state index contributed by atoms with van der Waals surface area (Å²) in [5.41, 5.74) is 8.15. The van der Waals surface area contributed by atoms with E-state index in [-0.39, 0.29) is 13.0 Å². The van der Waals surface area contributed by atoms with E-state index in [4.69, 9.17) is 34.0 Å². The van der Waals surface area contributed by atoms with Gasteiger partial charge in [-0.2, -0.15) is 0 Å². The molecule has 3 aliphatic heterocycles. The molecule has 6 aliphatic rings. The molecule has 1 saturated carbocycles. The third-order valence-corrected chi connectivity index (χ3v) is 12.8. The third kappa shape index (κ3) is 9.99.